The van der Waals surface area contributed by atoms with Gasteiger partial charge in [0.2, 0.25) is 5.91 Å². The highest BCUT2D eigenvalue weighted by Crippen LogP contribution is 2.24. The number of benzene rings is 1. The quantitative estimate of drug-likeness (QED) is 0.732. The van der Waals surface area contributed by atoms with E-state index in [4.69, 9.17) is 16.7 Å². The van der Waals surface area contributed by atoms with Gasteiger partial charge in [0.25, 0.3) is 0 Å². The average Bonchev–Trinajstić information content (AvgIpc) is 2.46. The number of rotatable bonds is 4. The number of nitrogens with zero attached hydrogens (tertiary/aromatic N) is 1. The number of nitrogens with one attached hydrogen (secondary N) is 1. The zero-order valence-corrected chi connectivity index (χ0v) is 14.2. The van der Waals surface area contributed by atoms with Crippen LogP contribution in [0.3, 0.4) is 0 Å². The molecular weight excluding hydrogens is 407 g/mol. The zero-order valence-electron chi connectivity index (χ0n) is 11.3. The Bertz CT molecular complexity index is 545. The molecule has 0 aliphatic carbocycles. The molecule has 2 rings (SSSR count). The van der Waals surface area contributed by atoms with Crippen molar-refractivity contribution in [2.45, 2.75) is 12.8 Å². The van der Waals surface area contributed by atoms with Crippen molar-refractivity contribution in [3.8, 4) is 0 Å². The highest BCUT2D eigenvalue weighted by atomic mass is 127. The molecule has 0 atom stereocenters. The van der Waals surface area contributed by atoms with Crippen LogP contribution in [0, 0.1) is 9.49 Å². The number of aliphatic carboxylic acids is 1. The van der Waals surface area contributed by atoms with Gasteiger partial charge in [0, 0.05) is 16.7 Å². The molecule has 1 saturated heterocycles. The Labute approximate surface area is 141 Å². The van der Waals surface area contributed by atoms with Gasteiger partial charge < -0.3 is 15.3 Å². The molecule has 1 aromatic rings. The summed E-state index contributed by atoms with van der Waals surface area (Å²) in [6.07, 6.45) is 1.04. The summed E-state index contributed by atoms with van der Waals surface area (Å²) in [6, 6.07) is 5.58. The lowest BCUT2D eigenvalue weighted by Gasteiger charge is -2.30. The number of carboxylic acids is 1. The molecule has 0 radical (unpaired) electrons. The van der Waals surface area contributed by atoms with Crippen LogP contribution in [-0.4, -0.2) is 41.5 Å². The van der Waals surface area contributed by atoms with Crippen molar-refractivity contribution in [2.24, 2.45) is 5.92 Å². The van der Waals surface area contributed by atoms with E-state index in [0.717, 1.165) is 9.26 Å². The van der Waals surface area contributed by atoms with Crippen molar-refractivity contribution < 1.29 is 14.7 Å². The van der Waals surface area contributed by atoms with E-state index in [1.807, 2.05) is 18.2 Å². The van der Waals surface area contributed by atoms with E-state index in [9.17, 15) is 9.59 Å². The fourth-order valence-electron chi connectivity index (χ4n) is 2.29. The van der Waals surface area contributed by atoms with Gasteiger partial charge in [-0.25, -0.2) is 0 Å². The maximum atomic E-state index is 12.1. The Morgan fingerprint density at radius 3 is 2.62 bits per heavy atom. The second-order valence-electron chi connectivity index (χ2n) is 4.97. The van der Waals surface area contributed by atoms with Gasteiger partial charge in [0.1, 0.15) is 0 Å². The van der Waals surface area contributed by atoms with Gasteiger partial charge in [-0.1, -0.05) is 11.6 Å². The number of carbonyl (C=O) groups is 2. The molecule has 1 aliphatic rings. The summed E-state index contributed by atoms with van der Waals surface area (Å²) in [5, 5.41) is 12.5. The molecule has 1 aromatic carbocycles. The van der Waals surface area contributed by atoms with Gasteiger partial charge in [-0.05, 0) is 53.6 Å². The predicted molar refractivity (Wildman–Crippen MR) is 89.6 cm³/mol. The lowest BCUT2D eigenvalue weighted by atomic mass is 9.97. The average molecular weight is 423 g/mol. The van der Waals surface area contributed by atoms with E-state index in [1.54, 1.807) is 4.90 Å². The molecule has 1 fully saturated rings. The zero-order chi connectivity index (χ0) is 15.4. The van der Waals surface area contributed by atoms with Crippen LogP contribution in [0.4, 0.5) is 5.69 Å². The monoisotopic (exact) mass is 422 g/mol. The number of piperidine rings is 1. The Morgan fingerprint density at radius 2 is 2.05 bits per heavy atom. The molecule has 1 heterocycles. The maximum Gasteiger partial charge on any atom is 0.306 e. The number of halogens is 2. The van der Waals surface area contributed by atoms with E-state index in [0.29, 0.717) is 31.0 Å². The van der Waals surface area contributed by atoms with E-state index in [2.05, 4.69) is 27.9 Å². The molecule has 0 unspecified atom stereocenters. The lowest BCUT2D eigenvalue weighted by Crippen LogP contribution is -2.42. The molecule has 0 saturated carbocycles. The van der Waals surface area contributed by atoms with Crippen molar-refractivity contribution in [2.75, 3.05) is 25.0 Å². The molecule has 21 heavy (non-hydrogen) atoms. The van der Waals surface area contributed by atoms with Gasteiger partial charge >= 0.3 is 5.97 Å². The van der Waals surface area contributed by atoms with Gasteiger partial charge in [0.05, 0.1) is 23.2 Å². The van der Waals surface area contributed by atoms with Crippen LogP contribution in [0.25, 0.3) is 0 Å². The van der Waals surface area contributed by atoms with Crippen LogP contribution in [0.2, 0.25) is 5.02 Å². The van der Waals surface area contributed by atoms with Crippen molar-refractivity contribution in [1.29, 1.82) is 0 Å². The molecule has 1 aliphatic heterocycles. The van der Waals surface area contributed by atoms with Crippen LogP contribution in [0.5, 0.6) is 0 Å². The largest absolute Gasteiger partial charge is 0.481 e. The van der Waals surface area contributed by atoms with E-state index in [-0.39, 0.29) is 18.4 Å². The van der Waals surface area contributed by atoms with Crippen molar-refractivity contribution in [3.05, 3.63) is 26.8 Å². The van der Waals surface area contributed by atoms with E-state index in [1.165, 1.54) is 0 Å². The minimum absolute atomic E-state index is 0.0338. The maximum absolute atomic E-state index is 12.1. The molecule has 7 heteroatoms. The predicted octanol–water partition coefficient (Wildman–Crippen LogP) is 2.68. The summed E-state index contributed by atoms with van der Waals surface area (Å²) in [6.45, 7) is 1.16. The number of hydrogen-bond acceptors (Lipinski definition) is 3. The van der Waals surface area contributed by atoms with Gasteiger partial charge in [0.15, 0.2) is 0 Å². The number of amides is 1. The fourth-order valence-corrected chi connectivity index (χ4v) is 3.21. The normalized spacial score (nSPS) is 15.8. The topological polar surface area (TPSA) is 69.6 Å². The molecule has 1 amide bonds. The minimum atomic E-state index is -0.772. The first kappa shape index (κ1) is 16.4. The van der Waals surface area contributed by atoms with Crippen LogP contribution in [-0.2, 0) is 9.59 Å². The van der Waals surface area contributed by atoms with Crippen molar-refractivity contribution in [3.63, 3.8) is 0 Å². The highest BCUT2D eigenvalue weighted by Gasteiger charge is 2.26. The van der Waals surface area contributed by atoms with Crippen LogP contribution in [0.1, 0.15) is 12.8 Å². The lowest BCUT2D eigenvalue weighted by molar-refractivity contribution is -0.145. The first-order valence-corrected chi connectivity index (χ1v) is 8.12. The summed E-state index contributed by atoms with van der Waals surface area (Å²) in [5.74, 6) is -1.13. The molecular formula is C14H16ClIN2O3. The summed E-state index contributed by atoms with van der Waals surface area (Å²) in [5.41, 5.74) is 0.728. The van der Waals surface area contributed by atoms with Crippen LogP contribution < -0.4 is 5.32 Å². The van der Waals surface area contributed by atoms with E-state index < -0.39 is 5.97 Å². The third-order valence-electron chi connectivity index (χ3n) is 3.56. The number of carbonyl (C=O) groups excluding carboxylic acids is 1. The highest BCUT2D eigenvalue weighted by molar-refractivity contribution is 14.1. The van der Waals surface area contributed by atoms with Crippen LogP contribution in [0.15, 0.2) is 18.2 Å². The molecule has 2 N–H and O–H groups in total. The first-order valence-electron chi connectivity index (χ1n) is 6.67. The fraction of sp³-hybridized carbons (Fsp3) is 0.429. The summed E-state index contributed by atoms with van der Waals surface area (Å²) >= 11 is 8.27. The molecule has 114 valence electrons. The Balaban J connectivity index is 1.84. The third-order valence-corrected chi connectivity index (χ3v) is 4.54. The number of carboxylic acid groups (broad SMARTS) is 1. The second-order valence-corrected chi connectivity index (χ2v) is 6.62. The van der Waals surface area contributed by atoms with Gasteiger partial charge in [-0.15, -0.1) is 0 Å². The smallest absolute Gasteiger partial charge is 0.306 e. The third kappa shape index (κ3) is 4.47. The second kappa shape index (κ2) is 7.31. The Hall–Kier alpha value is -1.02. The number of anilines is 1. The molecule has 5 nitrogen and oxygen atoms in total. The summed E-state index contributed by atoms with van der Waals surface area (Å²) < 4.78 is 1.03. The van der Waals surface area contributed by atoms with Crippen molar-refractivity contribution >= 4 is 51.8 Å². The Morgan fingerprint density at radius 1 is 1.38 bits per heavy atom. The van der Waals surface area contributed by atoms with Gasteiger partial charge in [-0.3, -0.25) is 9.59 Å². The Kier molecular flexibility index (Phi) is 5.69. The standard InChI is InChI=1S/C14H16ClIN2O3/c15-11-7-10(16)1-2-12(11)17-8-13(19)18-5-3-9(4-6-18)14(20)21/h1-2,7,9,17H,3-6,8H2,(H,20,21). The molecule has 0 aromatic heterocycles. The minimum Gasteiger partial charge on any atom is -0.481 e. The van der Waals surface area contributed by atoms with Crippen molar-refractivity contribution in [1.82, 2.24) is 4.90 Å². The SMILES string of the molecule is O=C(O)C1CCN(C(=O)CNc2ccc(I)cc2Cl)CC1. The number of hydrogen-bond donors (Lipinski definition) is 2. The van der Waals surface area contributed by atoms with Crippen LogP contribution >= 0.6 is 34.2 Å². The summed E-state index contributed by atoms with van der Waals surface area (Å²) in [4.78, 5) is 24.7. The van der Waals surface area contributed by atoms with Gasteiger partial charge in [-0.2, -0.15) is 0 Å². The van der Waals surface area contributed by atoms with E-state index >= 15 is 0 Å². The first-order chi connectivity index (χ1) is 9.97. The molecule has 0 spiro atoms. The number of likely N-dealkylation sites (tertiary alicyclic amines) is 1. The molecule has 0 bridgehead atoms. The summed E-state index contributed by atoms with van der Waals surface area (Å²) in [7, 11) is 0.